The van der Waals surface area contributed by atoms with Crippen LogP contribution in [0.2, 0.25) is 0 Å². The van der Waals surface area contributed by atoms with Crippen molar-refractivity contribution >= 4 is 16.8 Å². The number of ketones is 1. The molecule has 1 atom stereocenters. The van der Waals surface area contributed by atoms with Crippen molar-refractivity contribution in [2.75, 3.05) is 0 Å². The molecule has 0 radical (unpaired) electrons. The van der Waals surface area contributed by atoms with Crippen LogP contribution < -0.4 is 40.3 Å². The number of hydrogen-bond donors (Lipinski definition) is 1. The Bertz CT molecular complexity index is 961. The van der Waals surface area contributed by atoms with Crippen LogP contribution >= 0.6 is 0 Å². The fraction of sp³-hybridized carbons (Fsp3) is 0.273. The summed E-state index contributed by atoms with van der Waals surface area (Å²) in [6.07, 6.45) is -0.0810. The third kappa shape index (κ3) is 6.31. The minimum absolute atomic E-state index is 0. The van der Waals surface area contributed by atoms with E-state index in [0.29, 0.717) is 5.39 Å². The maximum atomic E-state index is 12.8. The number of fused-ring (bicyclic) bond motifs is 1. The zero-order valence-electron chi connectivity index (χ0n) is 16.6. The predicted molar refractivity (Wildman–Crippen MR) is 103 cm³/mol. The summed E-state index contributed by atoms with van der Waals surface area (Å²) in [4.78, 5) is 24.0. The summed E-state index contributed by atoms with van der Waals surface area (Å²) in [5, 5.41) is 21.2. The van der Waals surface area contributed by atoms with E-state index >= 15 is 0 Å². The minimum Gasteiger partial charge on any atom is -0.872 e. The fourth-order valence-electron chi connectivity index (χ4n) is 2.80. The number of carbonyl (C=O) groups is 1. The van der Waals surface area contributed by atoms with Crippen LogP contribution in [0.25, 0.3) is 11.0 Å². The molecule has 28 heavy (non-hydrogen) atoms. The fourth-order valence-corrected chi connectivity index (χ4v) is 2.80. The number of aliphatic hydroxyl groups excluding tert-OH is 1. The van der Waals surface area contributed by atoms with Crippen LogP contribution in [-0.4, -0.2) is 17.0 Å². The molecule has 0 saturated heterocycles. The van der Waals surface area contributed by atoms with Crippen LogP contribution in [0.3, 0.4) is 0 Å². The molecule has 1 heterocycles. The summed E-state index contributed by atoms with van der Waals surface area (Å²) in [5.41, 5.74) is 0.358. The molecule has 0 bridgehead atoms. The second kappa shape index (κ2) is 11.2. The molecule has 0 aliphatic carbocycles. The minimum atomic E-state index is -0.677. The molecule has 0 aliphatic heterocycles. The van der Waals surface area contributed by atoms with Crippen molar-refractivity contribution in [1.82, 2.24) is 0 Å². The summed E-state index contributed by atoms with van der Waals surface area (Å²) in [6, 6.07) is 15.7. The van der Waals surface area contributed by atoms with E-state index in [0.717, 1.165) is 5.56 Å². The Balaban J connectivity index is 0.000000717. The Morgan fingerprint density at radius 2 is 1.61 bits per heavy atom. The maximum absolute atomic E-state index is 12.8. The van der Waals surface area contributed by atoms with Crippen molar-refractivity contribution < 1.29 is 49.0 Å². The topological polar surface area (TPSA) is 90.6 Å². The van der Waals surface area contributed by atoms with Crippen molar-refractivity contribution in [3.8, 4) is 5.75 Å². The summed E-state index contributed by atoms with van der Waals surface area (Å²) in [5.74, 6) is -1.06. The van der Waals surface area contributed by atoms with Gasteiger partial charge in [-0.2, -0.15) is 0 Å². The normalized spacial score (nSPS) is 11.3. The SMILES string of the molecule is CC(=O)CC(c1ccccc1)c1c([O-])c2ccccc2oc1=O.CC(C)O.[Na+]. The Hall–Kier alpha value is -1.92. The molecule has 0 spiro atoms. The molecule has 5 nitrogen and oxygen atoms in total. The van der Waals surface area contributed by atoms with Crippen LogP contribution in [0.1, 0.15) is 44.2 Å². The van der Waals surface area contributed by atoms with Crippen LogP contribution in [0.15, 0.2) is 63.8 Å². The molecule has 142 valence electrons. The number of para-hydroxylation sites is 1. The second-order valence-corrected chi connectivity index (χ2v) is 6.59. The standard InChI is InChI=1S/C19H16O4.C3H8O.Na/c1-12(20)11-15(13-7-3-2-4-8-13)17-18(21)14-9-5-6-10-16(14)23-19(17)22;1-3(2)4;/h2-10,15,21H,11H2,1H3;3-4H,1-2H3;/q;;+1/p-1. The van der Waals surface area contributed by atoms with Crippen molar-refractivity contribution in [3.63, 3.8) is 0 Å². The first-order valence-electron chi connectivity index (χ1n) is 8.76. The van der Waals surface area contributed by atoms with E-state index < -0.39 is 11.5 Å². The summed E-state index contributed by atoms with van der Waals surface area (Å²) >= 11 is 0. The molecule has 0 saturated carbocycles. The molecule has 0 fully saturated rings. The van der Waals surface area contributed by atoms with Gasteiger partial charge in [-0.25, -0.2) is 4.79 Å². The third-order valence-electron chi connectivity index (χ3n) is 3.84. The van der Waals surface area contributed by atoms with Gasteiger partial charge in [0.05, 0.1) is 0 Å². The van der Waals surface area contributed by atoms with Crippen molar-refractivity contribution in [2.24, 2.45) is 0 Å². The molecule has 3 aromatic rings. The van der Waals surface area contributed by atoms with E-state index in [1.54, 1.807) is 38.1 Å². The van der Waals surface area contributed by atoms with Gasteiger partial charge in [0.1, 0.15) is 11.4 Å². The molecule has 0 aliphatic rings. The van der Waals surface area contributed by atoms with E-state index in [-0.39, 0.29) is 64.8 Å². The Kier molecular flexibility index (Phi) is 9.62. The van der Waals surface area contributed by atoms with Crippen LogP contribution in [0.5, 0.6) is 5.75 Å². The van der Waals surface area contributed by atoms with Crippen molar-refractivity contribution in [3.05, 3.63) is 76.1 Å². The van der Waals surface area contributed by atoms with Crippen LogP contribution in [-0.2, 0) is 4.79 Å². The van der Waals surface area contributed by atoms with E-state index in [1.165, 1.54) is 6.92 Å². The van der Waals surface area contributed by atoms with Gasteiger partial charge in [-0.1, -0.05) is 54.3 Å². The zero-order valence-corrected chi connectivity index (χ0v) is 18.6. The monoisotopic (exact) mass is 390 g/mol. The smallest absolute Gasteiger partial charge is 0.872 e. The number of aliphatic hydroxyl groups is 1. The molecule has 2 aromatic carbocycles. The van der Waals surface area contributed by atoms with Gasteiger partial charge in [0.15, 0.2) is 0 Å². The summed E-state index contributed by atoms with van der Waals surface area (Å²) < 4.78 is 5.29. The van der Waals surface area contributed by atoms with E-state index in [2.05, 4.69) is 0 Å². The van der Waals surface area contributed by atoms with Crippen LogP contribution in [0.4, 0.5) is 0 Å². The van der Waals surface area contributed by atoms with Gasteiger partial charge in [0, 0.05) is 29.4 Å². The van der Waals surface area contributed by atoms with Crippen LogP contribution in [0, 0.1) is 0 Å². The van der Waals surface area contributed by atoms with Gasteiger partial charge < -0.3 is 14.6 Å². The van der Waals surface area contributed by atoms with Crippen molar-refractivity contribution in [2.45, 2.75) is 39.2 Å². The molecule has 1 unspecified atom stereocenters. The Morgan fingerprint density at radius 1 is 1.07 bits per heavy atom. The number of carbonyl (C=O) groups excluding carboxylic acids is 1. The number of hydrogen-bond acceptors (Lipinski definition) is 5. The van der Waals surface area contributed by atoms with Gasteiger partial charge >= 0.3 is 35.2 Å². The first-order valence-corrected chi connectivity index (χ1v) is 8.76. The van der Waals surface area contributed by atoms with Gasteiger partial charge in [-0.3, -0.25) is 4.79 Å². The Morgan fingerprint density at radius 3 is 2.18 bits per heavy atom. The van der Waals surface area contributed by atoms with E-state index in [4.69, 9.17) is 9.52 Å². The second-order valence-electron chi connectivity index (χ2n) is 6.59. The molecule has 1 N–H and O–H groups in total. The maximum Gasteiger partial charge on any atom is 1.00 e. The molecule has 6 heteroatoms. The summed E-state index contributed by atoms with van der Waals surface area (Å²) in [6.45, 7) is 4.89. The first kappa shape index (κ1) is 24.1. The Labute approximate surface area is 186 Å². The first-order chi connectivity index (χ1) is 12.8. The molecular formula is C22H23NaO5. The number of benzene rings is 2. The molecule has 3 rings (SSSR count). The zero-order chi connectivity index (χ0) is 20.0. The average molecular weight is 390 g/mol. The van der Waals surface area contributed by atoms with Gasteiger partial charge in [0.25, 0.3) is 0 Å². The number of rotatable bonds is 4. The quantitative estimate of drug-likeness (QED) is 0.513. The largest absolute Gasteiger partial charge is 1.00 e. The van der Waals surface area contributed by atoms with Crippen molar-refractivity contribution in [1.29, 1.82) is 0 Å². The van der Waals surface area contributed by atoms with E-state index in [9.17, 15) is 14.7 Å². The molecule has 1 aromatic heterocycles. The van der Waals surface area contributed by atoms with Gasteiger partial charge in [-0.05, 0) is 32.4 Å². The predicted octanol–water partition coefficient (Wildman–Crippen LogP) is 0.369. The number of Topliss-reactive ketones (excluding diaryl/α,β-unsaturated/α-hetero) is 1. The van der Waals surface area contributed by atoms with Gasteiger partial charge in [-0.15, -0.1) is 0 Å². The third-order valence-corrected chi connectivity index (χ3v) is 3.84. The summed E-state index contributed by atoms with van der Waals surface area (Å²) in [7, 11) is 0. The average Bonchev–Trinajstić information content (AvgIpc) is 2.61. The molecule has 0 amide bonds. The van der Waals surface area contributed by atoms with E-state index in [1.807, 2.05) is 30.3 Å². The van der Waals surface area contributed by atoms with Gasteiger partial charge in [0.2, 0.25) is 0 Å². The molecular weight excluding hydrogens is 367 g/mol.